The number of ether oxygens (including phenoxy) is 1. The molecule has 0 aliphatic heterocycles. The first-order valence-corrected chi connectivity index (χ1v) is 10.3. The quantitative estimate of drug-likeness (QED) is 0.453. The Morgan fingerprint density at radius 1 is 1.30 bits per heavy atom. The van der Waals surface area contributed by atoms with E-state index in [0.29, 0.717) is 45.8 Å². The number of fused-ring (bicyclic) bond motifs is 1. The molecule has 0 spiro atoms. The van der Waals surface area contributed by atoms with Crippen LogP contribution in [0, 0.1) is 5.82 Å². The van der Waals surface area contributed by atoms with Gasteiger partial charge in [0.25, 0.3) is 0 Å². The number of urea groups is 1. The highest BCUT2D eigenvalue weighted by Gasteiger charge is 2.14. The molecule has 2 N–H and O–H groups in total. The van der Waals surface area contributed by atoms with Crippen LogP contribution in [0.25, 0.3) is 16.3 Å². The van der Waals surface area contributed by atoms with Crippen LogP contribution < -0.4 is 15.4 Å². The molecule has 0 fully saturated rings. The fraction of sp³-hybridized carbons (Fsp3) is 0.150. The van der Waals surface area contributed by atoms with Crippen LogP contribution in [0.2, 0.25) is 5.02 Å². The van der Waals surface area contributed by atoms with E-state index in [2.05, 4.69) is 20.7 Å². The summed E-state index contributed by atoms with van der Waals surface area (Å²) >= 11 is 7.39. The molecule has 0 aliphatic carbocycles. The predicted molar refractivity (Wildman–Crippen MR) is 115 cm³/mol. The van der Waals surface area contributed by atoms with Crippen LogP contribution in [0.4, 0.5) is 14.9 Å². The van der Waals surface area contributed by atoms with Crippen molar-refractivity contribution in [2.45, 2.75) is 6.42 Å². The Balaban J connectivity index is 1.40. The average Bonchev–Trinajstić information content (AvgIpc) is 3.30. The molecule has 0 bridgehead atoms. The molecular formula is C20H17ClFN5O2S. The largest absolute Gasteiger partial charge is 0.495 e. The lowest BCUT2D eigenvalue weighted by atomic mass is 10.2. The number of amides is 2. The molecule has 0 aliphatic rings. The van der Waals surface area contributed by atoms with Crippen LogP contribution in [0.15, 0.2) is 47.8 Å². The third-order valence-corrected chi connectivity index (χ3v) is 5.44. The summed E-state index contributed by atoms with van der Waals surface area (Å²) in [7, 11) is 1.52. The van der Waals surface area contributed by atoms with Crippen LogP contribution in [-0.4, -0.2) is 34.3 Å². The third-order valence-electron chi connectivity index (χ3n) is 4.34. The lowest BCUT2D eigenvalue weighted by Gasteiger charge is -2.11. The van der Waals surface area contributed by atoms with Crippen molar-refractivity contribution in [3.05, 3.63) is 64.4 Å². The fourth-order valence-electron chi connectivity index (χ4n) is 2.90. The number of rotatable bonds is 6. The molecule has 7 nitrogen and oxygen atoms in total. The number of halogens is 2. The maximum Gasteiger partial charge on any atom is 0.319 e. The molecule has 30 heavy (non-hydrogen) atoms. The zero-order valence-electron chi connectivity index (χ0n) is 15.9. The minimum absolute atomic E-state index is 0.333. The molecular weight excluding hydrogens is 429 g/mol. The first-order valence-electron chi connectivity index (χ1n) is 9.01. The summed E-state index contributed by atoms with van der Waals surface area (Å²) in [5.41, 5.74) is 1.70. The number of thiazole rings is 1. The summed E-state index contributed by atoms with van der Waals surface area (Å²) < 4.78 is 20.9. The van der Waals surface area contributed by atoms with Crippen LogP contribution in [0.3, 0.4) is 0 Å². The van der Waals surface area contributed by atoms with Gasteiger partial charge < -0.3 is 15.4 Å². The Kier molecular flexibility index (Phi) is 5.82. The van der Waals surface area contributed by atoms with E-state index < -0.39 is 0 Å². The Bertz CT molecular complexity index is 1210. The second kappa shape index (κ2) is 8.68. The van der Waals surface area contributed by atoms with Crippen molar-refractivity contribution in [3.63, 3.8) is 0 Å². The van der Waals surface area contributed by atoms with E-state index in [-0.39, 0.29) is 11.8 Å². The van der Waals surface area contributed by atoms with Crippen LogP contribution >= 0.6 is 22.9 Å². The molecule has 10 heteroatoms. The number of benzene rings is 2. The molecule has 2 aromatic heterocycles. The normalized spacial score (nSPS) is 10.9. The average molecular weight is 446 g/mol. The lowest BCUT2D eigenvalue weighted by molar-refractivity contribution is 0.252. The summed E-state index contributed by atoms with van der Waals surface area (Å²) in [5, 5.41) is 12.3. The highest BCUT2D eigenvalue weighted by molar-refractivity contribution is 7.15. The van der Waals surface area contributed by atoms with Gasteiger partial charge in [0.15, 0.2) is 5.82 Å². The van der Waals surface area contributed by atoms with Gasteiger partial charge in [-0.2, -0.15) is 4.98 Å². The molecule has 0 saturated heterocycles. The van der Waals surface area contributed by atoms with Gasteiger partial charge in [0.1, 0.15) is 11.6 Å². The van der Waals surface area contributed by atoms with E-state index in [1.165, 1.54) is 24.5 Å². The zero-order valence-corrected chi connectivity index (χ0v) is 17.4. The van der Waals surface area contributed by atoms with Gasteiger partial charge >= 0.3 is 6.03 Å². The molecule has 4 rings (SSSR count). The second-order valence-electron chi connectivity index (χ2n) is 6.31. The van der Waals surface area contributed by atoms with E-state index in [4.69, 9.17) is 16.3 Å². The molecule has 4 aromatic rings. The summed E-state index contributed by atoms with van der Waals surface area (Å²) in [6.07, 6.45) is 0.528. The van der Waals surface area contributed by atoms with Gasteiger partial charge in [-0.15, -0.1) is 16.4 Å². The van der Waals surface area contributed by atoms with E-state index in [1.54, 1.807) is 40.9 Å². The summed E-state index contributed by atoms with van der Waals surface area (Å²) in [5.74, 6) is 0.476. The molecule has 2 aromatic carbocycles. The van der Waals surface area contributed by atoms with Gasteiger partial charge in [0.05, 0.1) is 24.1 Å². The van der Waals surface area contributed by atoms with Gasteiger partial charge in [-0.1, -0.05) is 23.7 Å². The number of aromatic nitrogens is 3. The van der Waals surface area contributed by atoms with Crippen LogP contribution in [0.5, 0.6) is 5.75 Å². The van der Waals surface area contributed by atoms with Crippen molar-refractivity contribution in [3.8, 4) is 17.1 Å². The summed E-state index contributed by atoms with van der Waals surface area (Å²) in [6.45, 7) is 0.370. The molecule has 0 atom stereocenters. The van der Waals surface area contributed by atoms with Crippen molar-refractivity contribution >= 4 is 39.6 Å². The SMILES string of the molecule is COc1ccc(Cl)cc1NC(=O)NCCc1csc2nc(-c3ccccc3F)nn12. The maximum absolute atomic E-state index is 14.0. The number of anilines is 1. The maximum atomic E-state index is 14.0. The van der Waals surface area contributed by atoms with Gasteiger partial charge in [-0.05, 0) is 30.3 Å². The first kappa shape index (κ1) is 20.1. The molecule has 0 saturated carbocycles. The molecule has 154 valence electrons. The van der Waals surface area contributed by atoms with Gasteiger partial charge in [0, 0.05) is 23.4 Å². The minimum atomic E-state index is -0.382. The smallest absolute Gasteiger partial charge is 0.319 e. The van der Waals surface area contributed by atoms with Crippen molar-refractivity contribution in [2.24, 2.45) is 0 Å². The number of hydrogen-bond acceptors (Lipinski definition) is 5. The fourth-order valence-corrected chi connectivity index (χ4v) is 3.93. The summed E-state index contributed by atoms with van der Waals surface area (Å²) in [6, 6.07) is 11.0. The molecule has 0 radical (unpaired) electrons. The van der Waals surface area contributed by atoms with E-state index in [0.717, 1.165) is 5.69 Å². The second-order valence-corrected chi connectivity index (χ2v) is 7.59. The highest BCUT2D eigenvalue weighted by Crippen LogP contribution is 2.27. The zero-order chi connectivity index (χ0) is 21.1. The predicted octanol–water partition coefficient (Wildman–Crippen LogP) is 4.62. The van der Waals surface area contributed by atoms with E-state index >= 15 is 0 Å². The Morgan fingerprint density at radius 2 is 2.13 bits per heavy atom. The monoisotopic (exact) mass is 445 g/mol. The molecule has 0 unspecified atom stereocenters. The first-order chi connectivity index (χ1) is 14.5. The van der Waals surface area contributed by atoms with Gasteiger partial charge in [0.2, 0.25) is 4.96 Å². The van der Waals surface area contributed by atoms with Crippen molar-refractivity contribution in [1.29, 1.82) is 0 Å². The number of nitrogens with zero attached hydrogens (tertiary/aromatic N) is 3. The number of hydrogen-bond donors (Lipinski definition) is 2. The standard InChI is InChI=1S/C20H17ClFN5O2S/c1-29-17-7-6-12(21)10-16(17)24-19(28)23-9-8-13-11-30-20-25-18(26-27(13)20)14-4-2-3-5-15(14)22/h2-7,10-11H,8-9H2,1H3,(H2,23,24,28). The third kappa shape index (κ3) is 4.22. The highest BCUT2D eigenvalue weighted by atomic mass is 35.5. The van der Waals surface area contributed by atoms with E-state index in [1.807, 2.05) is 5.38 Å². The van der Waals surface area contributed by atoms with Crippen LogP contribution in [-0.2, 0) is 6.42 Å². The van der Waals surface area contributed by atoms with Crippen molar-refractivity contribution < 1.29 is 13.9 Å². The Labute approximate surface area is 180 Å². The number of carbonyl (C=O) groups excluding carboxylic acids is 1. The topological polar surface area (TPSA) is 80.5 Å². The minimum Gasteiger partial charge on any atom is -0.495 e. The summed E-state index contributed by atoms with van der Waals surface area (Å²) in [4.78, 5) is 17.3. The van der Waals surface area contributed by atoms with Crippen molar-refractivity contribution in [1.82, 2.24) is 19.9 Å². The Hall–Kier alpha value is -3.17. The van der Waals surface area contributed by atoms with Gasteiger partial charge in [-0.3, -0.25) is 0 Å². The van der Waals surface area contributed by atoms with Gasteiger partial charge in [-0.25, -0.2) is 13.7 Å². The number of methoxy groups -OCH3 is 1. The van der Waals surface area contributed by atoms with E-state index in [9.17, 15) is 9.18 Å². The Morgan fingerprint density at radius 3 is 2.93 bits per heavy atom. The van der Waals surface area contributed by atoms with Crippen molar-refractivity contribution in [2.75, 3.05) is 19.0 Å². The lowest BCUT2D eigenvalue weighted by Crippen LogP contribution is -2.30. The number of nitrogens with one attached hydrogen (secondary N) is 2. The molecule has 2 amide bonds. The molecule has 2 heterocycles. The number of carbonyl (C=O) groups is 1. The van der Waals surface area contributed by atoms with Crippen LogP contribution in [0.1, 0.15) is 5.69 Å².